The van der Waals surface area contributed by atoms with Gasteiger partial charge in [-0.25, -0.2) is 0 Å². The minimum atomic E-state index is -1.92. The zero-order chi connectivity index (χ0) is 22.3. The lowest BCUT2D eigenvalue weighted by Gasteiger charge is -2.23. The summed E-state index contributed by atoms with van der Waals surface area (Å²) in [6.45, 7) is 0.320. The SMILES string of the molecule is O=C(CC1(O)C(=O)N(Cc2ccccc2)c2ccc(Br)cc21)c1ccc2ccccc2c1. The zero-order valence-corrected chi connectivity index (χ0v) is 18.7. The molecule has 5 heteroatoms. The van der Waals surface area contributed by atoms with Gasteiger partial charge in [0.1, 0.15) is 0 Å². The third-order valence-electron chi connectivity index (χ3n) is 5.97. The van der Waals surface area contributed by atoms with Crippen LogP contribution in [-0.4, -0.2) is 16.8 Å². The van der Waals surface area contributed by atoms with Crippen molar-refractivity contribution in [2.24, 2.45) is 0 Å². The molecular formula is C27H20BrNO3. The van der Waals surface area contributed by atoms with Crippen LogP contribution in [0.25, 0.3) is 10.8 Å². The van der Waals surface area contributed by atoms with Crippen LogP contribution in [0.5, 0.6) is 0 Å². The van der Waals surface area contributed by atoms with Gasteiger partial charge >= 0.3 is 0 Å². The number of anilines is 1. The second kappa shape index (κ2) is 8.01. The molecule has 0 saturated heterocycles. The molecule has 0 fully saturated rings. The van der Waals surface area contributed by atoms with Gasteiger partial charge in [0, 0.05) is 15.6 Å². The molecule has 1 aliphatic rings. The lowest BCUT2D eigenvalue weighted by Crippen LogP contribution is -2.41. The Balaban J connectivity index is 1.51. The van der Waals surface area contributed by atoms with E-state index in [1.807, 2.05) is 72.8 Å². The van der Waals surface area contributed by atoms with Crippen molar-refractivity contribution in [3.8, 4) is 0 Å². The number of amides is 1. The van der Waals surface area contributed by atoms with E-state index >= 15 is 0 Å². The fourth-order valence-electron chi connectivity index (χ4n) is 4.31. The minimum absolute atomic E-state index is 0.279. The topological polar surface area (TPSA) is 57.6 Å². The summed E-state index contributed by atoms with van der Waals surface area (Å²) in [5, 5.41) is 13.6. The Hall–Kier alpha value is -3.28. The first-order valence-corrected chi connectivity index (χ1v) is 11.2. The average Bonchev–Trinajstić information content (AvgIpc) is 3.00. The Labute approximate surface area is 194 Å². The van der Waals surface area contributed by atoms with Crippen LogP contribution in [0.4, 0.5) is 5.69 Å². The van der Waals surface area contributed by atoms with Crippen LogP contribution >= 0.6 is 15.9 Å². The predicted octanol–water partition coefficient (Wildman–Crippen LogP) is 5.61. The Morgan fingerprint density at radius 3 is 2.38 bits per heavy atom. The van der Waals surface area contributed by atoms with Gasteiger partial charge in [0.05, 0.1) is 18.7 Å². The van der Waals surface area contributed by atoms with E-state index in [0.29, 0.717) is 23.4 Å². The number of ketones is 1. The van der Waals surface area contributed by atoms with E-state index in [1.165, 1.54) is 0 Å². The molecule has 158 valence electrons. The van der Waals surface area contributed by atoms with Gasteiger partial charge < -0.3 is 10.0 Å². The van der Waals surface area contributed by atoms with Crippen LogP contribution in [-0.2, 0) is 16.9 Å². The number of halogens is 1. The summed E-state index contributed by atoms with van der Waals surface area (Å²) < 4.78 is 0.738. The fraction of sp³-hybridized carbons (Fsp3) is 0.111. The van der Waals surface area contributed by atoms with Crippen molar-refractivity contribution in [2.45, 2.75) is 18.6 Å². The summed E-state index contributed by atoms with van der Waals surface area (Å²) >= 11 is 3.44. The van der Waals surface area contributed by atoms with Crippen LogP contribution in [0.1, 0.15) is 27.9 Å². The first-order chi connectivity index (χ1) is 15.5. The molecule has 0 spiro atoms. The normalized spacial score (nSPS) is 17.6. The number of carbonyl (C=O) groups is 2. The van der Waals surface area contributed by atoms with Crippen molar-refractivity contribution in [2.75, 3.05) is 4.90 Å². The largest absolute Gasteiger partial charge is 0.375 e. The molecule has 5 rings (SSSR count). The van der Waals surface area contributed by atoms with Gasteiger partial charge in [-0.15, -0.1) is 0 Å². The summed E-state index contributed by atoms with van der Waals surface area (Å²) in [5.74, 6) is -0.761. The van der Waals surface area contributed by atoms with Crippen LogP contribution in [0.2, 0.25) is 0 Å². The summed E-state index contributed by atoms with van der Waals surface area (Å²) in [5.41, 5.74) is 0.567. The predicted molar refractivity (Wildman–Crippen MR) is 129 cm³/mol. The summed E-state index contributed by atoms with van der Waals surface area (Å²) in [4.78, 5) is 28.3. The van der Waals surface area contributed by atoms with Gasteiger partial charge in [0.2, 0.25) is 0 Å². The lowest BCUT2D eigenvalue weighted by atomic mass is 9.87. The molecule has 0 aromatic heterocycles. The number of benzene rings is 4. The maximum atomic E-state index is 13.5. The van der Waals surface area contributed by atoms with E-state index in [9.17, 15) is 14.7 Å². The molecule has 32 heavy (non-hydrogen) atoms. The number of carbonyl (C=O) groups excluding carboxylic acids is 2. The van der Waals surface area contributed by atoms with E-state index in [1.54, 1.807) is 23.1 Å². The van der Waals surface area contributed by atoms with Gasteiger partial charge in [0.15, 0.2) is 11.4 Å². The van der Waals surface area contributed by atoms with Gasteiger partial charge in [0.25, 0.3) is 5.91 Å². The van der Waals surface area contributed by atoms with Crippen LogP contribution < -0.4 is 4.90 Å². The van der Waals surface area contributed by atoms with Gasteiger partial charge in [-0.2, -0.15) is 0 Å². The molecule has 1 heterocycles. The van der Waals surface area contributed by atoms with Crippen LogP contribution in [0, 0.1) is 0 Å². The molecule has 1 N–H and O–H groups in total. The molecule has 0 saturated carbocycles. The van der Waals surface area contributed by atoms with Crippen molar-refractivity contribution in [1.82, 2.24) is 0 Å². The molecule has 1 amide bonds. The van der Waals surface area contributed by atoms with E-state index in [4.69, 9.17) is 0 Å². The summed E-state index contributed by atoms with van der Waals surface area (Å²) in [6.07, 6.45) is -0.321. The fourth-order valence-corrected chi connectivity index (χ4v) is 4.67. The zero-order valence-electron chi connectivity index (χ0n) is 17.2. The number of Topliss-reactive ketones (excluding diaryl/α,β-unsaturated/α-hetero) is 1. The maximum absolute atomic E-state index is 13.5. The second-order valence-electron chi connectivity index (χ2n) is 8.06. The molecule has 0 aliphatic carbocycles. The Kier molecular flexibility index (Phi) is 5.16. The number of nitrogens with zero attached hydrogens (tertiary/aromatic N) is 1. The van der Waals surface area contributed by atoms with Crippen molar-refractivity contribution < 1.29 is 14.7 Å². The number of aliphatic hydroxyl groups is 1. The quantitative estimate of drug-likeness (QED) is 0.373. The second-order valence-corrected chi connectivity index (χ2v) is 8.98. The average molecular weight is 486 g/mol. The highest BCUT2D eigenvalue weighted by molar-refractivity contribution is 9.10. The van der Waals surface area contributed by atoms with E-state index < -0.39 is 11.5 Å². The number of rotatable bonds is 5. The minimum Gasteiger partial charge on any atom is -0.375 e. The highest BCUT2D eigenvalue weighted by Crippen LogP contribution is 2.44. The highest BCUT2D eigenvalue weighted by atomic mass is 79.9. The van der Waals surface area contributed by atoms with Gasteiger partial charge in [-0.1, -0.05) is 82.7 Å². The molecule has 1 atom stereocenters. The number of fused-ring (bicyclic) bond motifs is 2. The maximum Gasteiger partial charge on any atom is 0.264 e. The Morgan fingerprint density at radius 2 is 1.59 bits per heavy atom. The first-order valence-electron chi connectivity index (χ1n) is 10.4. The molecule has 0 radical (unpaired) electrons. The Morgan fingerprint density at radius 1 is 0.875 bits per heavy atom. The standard InChI is InChI=1S/C27H20BrNO3/c28-22-12-13-24-23(15-22)27(32,26(31)29(24)17-18-6-2-1-3-7-18)16-25(30)21-11-10-19-8-4-5-9-20(19)14-21/h1-15,32H,16-17H2. The third-order valence-corrected chi connectivity index (χ3v) is 6.46. The molecule has 4 aromatic rings. The molecule has 0 bridgehead atoms. The third kappa shape index (κ3) is 3.53. The monoisotopic (exact) mass is 485 g/mol. The summed E-state index contributed by atoms with van der Waals surface area (Å²) in [6, 6.07) is 28.2. The molecule has 4 nitrogen and oxygen atoms in total. The Bertz CT molecular complexity index is 1350. The lowest BCUT2D eigenvalue weighted by molar-refractivity contribution is -0.136. The van der Waals surface area contributed by atoms with Crippen molar-refractivity contribution in [3.05, 3.63) is 112 Å². The smallest absolute Gasteiger partial charge is 0.264 e. The molecule has 1 aliphatic heterocycles. The van der Waals surface area contributed by atoms with Gasteiger partial charge in [-0.05, 0) is 40.6 Å². The molecule has 1 unspecified atom stereocenters. The van der Waals surface area contributed by atoms with Crippen LogP contribution in [0.15, 0.2) is 95.5 Å². The van der Waals surface area contributed by atoms with Gasteiger partial charge in [-0.3, -0.25) is 9.59 Å². The van der Waals surface area contributed by atoms with Crippen molar-refractivity contribution >= 4 is 44.1 Å². The highest BCUT2D eigenvalue weighted by Gasteiger charge is 2.51. The van der Waals surface area contributed by atoms with Crippen molar-refractivity contribution in [3.63, 3.8) is 0 Å². The van der Waals surface area contributed by atoms with Crippen LogP contribution in [0.3, 0.4) is 0 Å². The van der Waals surface area contributed by atoms with E-state index in [2.05, 4.69) is 15.9 Å². The van der Waals surface area contributed by atoms with E-state index in [0.717, 1.165) is 20.8 Å². The van der Waals surface area contributed by atoms with Crippen molar-refractivity contribution in [1.29, 1.82) is 0 Å². The molecular weight excluding hydrogens is 466 g/mol. The molecule has 4 aromatic carbocycles. The number of hydrogen-bond acceptors (Lipinski definition) is 3. The first kappa shape index (κ1) is 20.6. The summed E-state index contributed by atoms with van der Waals surface area (Å²) in [7, 11) is 0. The number of hydrogen-bond donors (Lipinski definition) is 1. The van der Waals surface area contributed by atoms with E-state index in [-0.39, 0.29) is 12.2 Å².